The summed E-state index contributed by atoms with van der Waals surface area (Å²) in [5, 5.41) is 24.6. The number of nitrogens with one attached hydrogen (secondary N) is 5. The summed E-state index contributed by atoms with van der Waals surface area (Å²) in [6, 6.07) is 1.71. The molecule has 1 saturated heterocycles. The van der Waals surface area contributed by atoms with E-state index in [1.165, 1.54) is 32.1 Å². The van der Waals surface area contributed by atoms with Crippen LogP contribution in [0.3, 0.4) is 0 Å². The lowest BCUT2D eigenvalue weighted by Crippen LogP contribution is -2.44. The lowest BCUT2D eigenvalue weighted by molar-refractivity contribution is -0.132. The van der Waals surface area contributed by atoms with Crippen LogP contribution in [0.25, 0.3) is 0 Å². The second-order valence-corrected chi connectivity index (χ2v) is 14.7. The van der Waals surface area contributed by atoms with E-state index in [4.69, 9.17) is 15.5 Å². The maximum absolute atomic E-state index is 12.7. The number of nitrogens with zero attached hydrogens (tertiary/aromatic N) is 6. The molecule has 1 atom stereocenters. The van der Waals surface area contributed by atoms with E-state index in [-0.39, 0.29) is 24.8 Å². The molecule has 274 valence electrons. The van der Waals surface area contributed by atoms with Crippen molar-refractivity contribution in [2.75, 3.05) is 49.6 Å². The summed E-state index contributed by atoms with van der Waals surface area (Å²) >= 11 is 0. The Labute approximate surface area is 288 Å². The first-order valence-electron chi connectivity index (χ1n) is 17.6. The summed E-state index contributed by atoms with van der Waals surface area (Å²) in [5.74, 6) is 0.394. The Morgan fingerprint density at radius 3 is 2.55 bits per heavy atom. The fourth-order valence-corrected chi connectivity index (χ4v) is 6.46. The number of anilines is 2. The lowest BCUT2D eigenvalue weighted by atomic mass is 9.95. The molecule has 0 radical (unpaired) electrons. The molecule has 1 saturated carbocycles. The van der Waals surface area contributed by atoms with Crippen LogP contribution >= 0.6 is 7.60 Å². The zero-order valence-corrected chi connectivity index (χ0v) is 29.5. The van der Waals surface area contributed by atoms with Crippen LogP contribution in [-0.4, -0.2) is 109 Å². The summed E-state index contributed by atoms with van der Waals surface area (Å²) in [5.41, 5.74) is 7.41. The van der Waals surface area contributed by atoms with Crippen molar-refractivity contribution < 1.29 is 23.9 Å². The summed E-state index contributed by atoms with van der Waals surface area (Å²) < 4.78 is 12.8. The molecule has 0 aromatic carbocycles. The van der Waals surface area contributed by atoms with Gasteiger partial charge in [-0.05, 0) is 71.5 Å². The van der Waals surface area contributed by atoms with Gasteiger partial charge in [0.25, 0.3) is 0 Å². The number of amides is 2. The minimum Gasteiger partial charge on any atom is -0.367 e. The van der Waals surface area contributed by atoms with Crippen LogP contribution in [0.5, 0.6) is 0 Å². The first-order valence-corrected chi connectivity index (χ1v) is 19.4. The van der Waals surface area contributed by atoms with E-state index >= 15 is 0 Å². The quantitative estimate of drug-likeness (QED) is 0.0710. The Balaban J connectivity index is 1.09. The molecule has 18 heteroatoms. The van der Waals surface area contributed by atoms with Crippen LogP contribution in [-0.2, 0) is 27.2 Å². The van der Waals surface area contributed by atoms with Gasteiger partial charge >= 0.3 is 7.60 Å². The smallest absolute Gasteiger partial charge is 0.344 e. The zero-order valence-electron chi connectivity index (χ0n) is 28.6. The molecule has 4 rings (SSSR count). The van der Waals surface area contributed by atoms with Gasteiger partial charge in [-0.15, -0.1) is 5.10 Å². The molecular formula is C31H55N12O5P. The number of likely N-dealkylation sites (tertiary alicyclic amines) is 1. The number of rotatable bonds is 20. The van der Waals surface area contributed by atoms with E-state index in [9.17, 15) is 14.2 Å². The SMILES string of the molecule is Cc1cc(NC2CCN(C(=O)CC[C@H](N)C(=O)NCP(=O)(O)O)CC2)nc(NCc2cn(CCCNCCCNC3CCCCC3)nn2)n1. The van der Waals surface area contributed by atoms with Gasteiger partial charge in [0.15, 0.2) is 0 Å². The van der Waals surface area contributed by atoms with Gasteiger partial charge in [-0.1, -0.05) is 24.5 Å². The normalized spacial score (nSPS) is 16.8. The molecule has 2 amide bonds. The third kappa shape index (κ3) is 14.7. The molecule has 17 nitrogen and oxygen atoms in total. The fourth-order valence-electron chi connectivity index (χ4n) is 6.10. The molecule has 0 spiro atoms. The first kappa shape index (κ1) is 38.6. The number of aromatic nitrogens is 5. The number of carbonyl (C=O) groups excluding carboxylic acids is 2. The minimum atomic E-state index is -4.37. The highest BCUT2D eigenvalue weighted by Crippen LogP contribution is 2.32. The summed E-state index contributed by atoms with van der Waals surface area (Å²) in [6.07, 6.45) is 11.7. The summed E-state index contributed by atoms with van der Waals surface area (Å²) in [6.45, 7) is 7.30. The summed E-state index contributed by atoms with van der Waals surface area (Å²) in [7, 11) is -4.37. The van der Waals surface area contributed by atoms with Gasteiger partial charge in [0.2, 0.25) is 17.8 Å². The highest BCUT2D eigenvalue weighted by Gasteiger charge is 2.25. The molecule has 0 unspecified atom stereocenters. The molecule has 2 aromatic rings. The second kappa shape index (κ2) is 19.8. The van der Waals surface area contributed by atoms with Crippen LogP contribution in [0, 0.1) is 6.92 Å². The third-order valence-corrected chi connectivity index (χ3v) is 9.41. The van der Waals surface area contributed by atoms with E-state index in [1.807, 2.05) is 23.9 Å². The topological polar surface area (TPSA) is 238 Å². The number of piperidine rings is 1. The fraction of sp³-hybridized carbons (Fsp3) is 0.742. The number of nitrogens with two attached hydrogens (primary N) is 1. The average molecular weight is 707 g/mol. The van der Waals surface area contributed by atoms with Crippen molar-refractivity contribution in [2.24, 2.45) is 5.73 Å². The lowest BCUT2D eigenvalue weighted by Gasteiger charge is -2.33. The molecule has 1 aliphatic heterocycles. The van der Waals surface area contributed by atoms with Crippen molar-refractivity contribution in [3.05, 3.63) is 23.7 Å². The predicted molar refractivity (Wildman–Crippen MR) is 187 cm³/mol. The maximum atomic E-state index is 12.7. The van der Waals surface area contributed by atoms with E-state index in [0.717, 1.165) is 69.3 Å². The Kier molecular flexibility index (Phi) is 15.6. The van der Waals surface area contributed by atoms with Gasteiger partial charge in [-0.25, -0.2) is 4.98 Å². The van der Waals surface area contributed by atoms with Crippen molar-refractivity contribution in [1.82, 2.24) is 45.8 Å². The van der Waals surface area contributed by atoms with Crippen molar-refractivity contribution in [3.8, 4) is 0 Å². The summed E-state index contributed by atoms with van der Waals surface area (Å²) in [4.78, 5) is 53.3. The Bertz CT molecular complexity index is 1360. The number of hydrogen-bond acceptors (Lipinski definition) is 12. The minimum absolute atomic E-state index is 0.0755. The zero-order chi connectivity index (χ0) is 35.1. The molecule has 2 aromatic heterocycles. The van der Waals surface area contributed by atoms with Crippen LogP contribution in [0.4, 0.5) is 11.8 Å². The van der Waals surface area contributed by atoms with Crippen LogP contribution < -0.4 is 32.3 Å². The van der Waals surface area contributed by atoms with Crippen molar-refractivity contribution in [3.63, 3.8) is 0 Å². The molecule has 2 fully saturated rings. The molecular weight excluding hydrogens is 651 g/mol. The number of aryl methyl sites for hydroxylation is 2. The largest absolute Gasteiger partial charge is 0.367 e. The molecule has 0 bridgehead atoms. The molecule has 1 aliphatic carbocycles. The third-order valence-electron chi connectivity index (χ3n) is 8.84. The van der Waals surface area contributed by atoms with Gasteiger partial charge in [0.1, 0.15) is 17.8 Å². The number of carbonyl (C=O) groups is 2. The Morgan fingerprint density at radius 1 is 1.04 bits per heavy atom. The molecule has 2 aliphatic rings. The van der Waals surface area contributed by atoms with Gasteiger partial charge in [0, 0.05) is 49.9 Å². The number of hydrogen-bond donors (Lipinski definition) is 8. The maximum Gasteiger partial charge on any atom is 0.344 e. The Morgan fingerprint density at radius 2 is 1.80 bits per heavy atom. The van der Waals surface area contributed by atoms with E-state index in [2.05, 4.69) is 46.9 Å². The van der Waals surface area contributed by atoms with Crippen LogP contribution in [0.1, 0.15) is 82.0 Å². The second-order valence-electron chi connectivity index (χ2n) is 13.1. The van der Waals surface area contributed by atoms with Crippen molar-refractivity contribution in [2.45, 2.75) is 109 Å². The van der Waals surface area contributed by atoms with E-state index < -0.39 is 25.8 Å². The van der Waals surface area contributed by atoms with Crippen molar-refractivity contribution >= 4 is 31.2 Å². The van der Waals surface area contributed by atoms with Gasteiger partial charge in [-0.3, -0.25) is 18.8 Å². The average Bonchev–Trinajstić information content (AvgIpc) is 3.54. The standard InChI is InChI=1S/C31H55N12O5P/c1-23-19-28(38-25-11-17-42(18-12-25)29(44)10-9-27(32)30(45)36-22-49(46,47)48)39-31(37-23)35-20-26-21-43(41-40-26)16-6-14-33-13-5-15-34-24-7-3-2-4-8-24/h19,21,24-25,27,33-34H,2-18,20,22,32H2,1H3,(H,36,45)(H2,46,47,48)(H2,35,37,38,39)/t27-/m0/s1. The molecule has 49 heavy (non-hydrogen) atoms. The molecule has 9 N–H and O–H groups in total. The van der Waals surface area contributed by atoms with Crippen LogP contribution in [0.15, 0.2) is 12.3 Å². The van der Waals surface area contributed by atoms with Crippen LogP contribution in [0.2, 0.25) is 0 Å². The van der Waals surface area contributed by atoms with Gasteiger partial charge < -0.3 is 47.0 Å². The first-order chi connectivity index (χ1) is 23.5. The molecule has 3 heterocycles. The highest BCUT2D eigenvalue weighted by atomic mass is 31.2. The van der Waals surface area contributed by atoms with Gasteiger partial charge in [-0.2, -0.15) is 4.98 Å². The Hall–Kier alpha value is -3.21. The van der Waals surface area contributed by atoms with E-state index in [0.29, 0.717) is 31.4 Å². The van der Waals surface area contributed by atoms with Gasteiger partial charge in [0.05, 0.1) is 18.8 Å². The predicted octanol–water partition coefficient (Wildman–Crippen LogP) is 1.04. The highest BCUT2D eigenvalue weighted by molar-refractivity contribution is 7.51. The van der Waals surface area contributed by atoms with E-state index in [1.54, 1.807) is 4.90 Å². The monoisotopic (exact) mass is 706 g/mol. The van der Waals surface area contributed by atoms with Crippen molar-refractivity contribution in [1.29, 1.82) is 0 Å².